The van der Waals surface area contributed by atoms with Gasteiger partial charge in [0.25, 0.3) is 0 Å². The van der Waals surface area contributed by atoms with Gasteiger partial charge in [0.15, 0.2) is 5.11 Å². The molecule has 0 saturated carbocycles. The Bertz CT molecular complexity index is 1370. The van der Waals surface area contributed by atoms with Gasteiger partial charge in [0, 0.05) is 38.1 Å². The molecule has 41 heavy (non-hydrogen) atoms. The minimum absolute atomic E-state index is 0.123. The van der Waals surface area contributed by atoms with Crippen molar-refractivity contribution in [3.05, 3.63) is 87.4 Å². The summed E-state index contributed by atoms with van der Waals surface area (Å²) in [6.45, 7) is 7.06. The maximum absolute atomic E-state index is 13.2. The highest BCUT2D eigenvalue weighted by Gasteiger charge is 2.26. The second kappa shape index (κ2) is 15.2. The van der Waals surface area contributed by atoms with Crippen molar-refractivity contribution in [3.63, 3.8) is 0 Å². The van der Waals surface area contributed by atoms with Gasteiger partial charge in [0.05, 0.1) is 40.0 Å². The van der Waals surface area contributed by atoms with Crippen LogP contribution in [0.4, 0.5) is 0 Å². The van der Waals surface area contributed by atoms with E-state index in [4.69, 9.17) is 40.7 Å². The summed E-state index contributed by atoms with van der Waals surface area (Å²) in [6.07, 6.45) is 4.53. The van der Waals surface area contributed by atoms with Crippen molar-refractivity contribution >= 4 is 46.4 Å². The van der Waals surface area contributed by atoms with Crippen LogP contribution in [0, 0.1) is 11.3 Å². The average molecular weight is 615 g/mol. The number of hydrogen-bond donors (Lipinski definition) is 2. The second-order valence-electron chi connectivity index (χ2n) is 10.9. The molecular formula is C30H37Cl2N7OS. The van der Waals surface area contributed by atoms with Gasteiger partial charge < -0.3 is 25.0 Å². The molecule has 1 aromatic heterocycles. The third kappa shape index (κ3) is 10.3. The molecule has 0 bridgehead atoms. The van der Waals surface area contributed by atoms with Crippen LogP contribution in [0.3, 0.4) is 0 Å². The van der Waals surface area contributed by atoms with Crippen LogP contribution in [-0.2, 0) is 24.3 Å². The van der Waals surface area contributed by atoms with E-state index in [1.165, 1.54) is 0 Å². The molecule has 0 aliphatic rings. The summed E-state index contributed by atoms with van der Waals surface area (Å²) in [7, 11) is 4.08. The standard InChI is InChI=1S/C30H37Cl2N7OS/c1-30(2,36-27(40)15-25-17-34-21-39(25)18-23-11-9-22(16-33)10-12-23)20-38(29(41)35-13-6-14-37(3)4)19-24-7-5-8-26(31)28(24)32/h5,7-12,17,21H,6,13-15,18-20H2,1-4H3,(H,35,41)(H,36,40). The SMILES string of the molecule is CN(C)CCCNC(=S)N(Cc1cccc(Cl)c1Cl)CC(C)(C)NC(=O)Cc1cncn1Cc1ccc(C#N)cc1. The van der Waals surface area contributed by atoms with Crippen molar-refractivity contribution in [1.82, 2.24) is 30.0 Å². The maximum Gasteiger partial charge on any atom is 0.226 e. The zero-order chi connectivity index (χ0) is 30.0. The number of nitrogens with one attached hydrogen (secondary N) is 2. The maximum atomic E-state index is 13.2. The smallest absolute Gasteiger partial charge is 0.226 e. The minimum Gasteiger partial charge on any atom is -0.363 e. The van der Waals surface area contributed by atoms with Crippen LogP contribution in [0.5, 0.6) is 0 Å². The van der Waals surface area contributed by atoms with E-state index >= 15 is 0 Å². The van der Waals surface area contributed by atoms with Crippen molar-refractivity contribution in [2.45, 2.75) is 45.3 Å². The summed E-state index contributed by atoms with van der Waals surface area (Å²) >= 11 is 18.6. The first-order valence-electron chi connectivity index (χ1n) is 13.4. The van der Waals surface area contributed by atoms with E-state index < -0.39 is 5.54 Å². The van der Waals surface area contributed by atoms with Crippen LogP contribution in [0.25, 0.3) is 0 Å². The van der Waals surface area contributed by atoms with Crippen LogP contribution < -0.4 is 10.6 Å². The third-order valence-corrected chi connectivity index (χ3v) is 7.64. The van der Waals surface area contributed by atoms with E-state index in [2.05, 4.69) is 26.6 Å². The van der Waals surface area contributed by atoms with E-state index in [9.17, 15) is 4.79 Å². The molecule has 0 atom stereocenters. The molecule has 0 saturated heterocycles. The van der Waals surface area contributed by atoms with E-state index in [-0.39, 0.29) is 12.3 Å². The molecule has 0 aliphatic carbocycles. The highest BCUT2D eigenvalue weighted by molar-refractivity contribution is 7.80. The number of rotatable bonds is 13. The molecule has 1 amide bonds. The Labute approximate surface area is 258 Å². The zero-order valence-corrected chi connectivity index (χ0v) is 26.3. The fourth-order valence-corrected chi connectivity index (χ4v) is 5.01. The Morgan fingerprint density at radius 2 is 1.90 bits per heavy atom. The topological polar surface area (TPSA) is 89.2 Å². The molecule has 3 rings (SSSR count). The van der Waals surface area contributed by atoms with Gasteiger partial charge in [-0.15, -0.1) is 0 Å². The summed E-state index contributed by atoms with van der Waals surface area (Å²) in [5.74, 6) is -0.123. The largest absolute Gasteiger partial charge is 0.363 e. The molecule has 0 spiro atoms. The number of nitriles is 1. The van der Waals surface area contributed by atoms with Crippen molar-refractivity contribution in [3.8, 4) is 6.07 Å². The fraction of sp³-hybridized carbons (Fsp3) is 0.400. The fourth-order valence-electron chi connectivity index (χ4n) is 4.40. The monoisotopic (exact) mass is 613 g/mol. The number of halogens is 2. The van der Waals surface area contributed by atoms with E-state index in [1.807, 2.05) is 61.7 Å². The Hall–Kier alpha value is -3.16. The van der Waals surface area contributed by atoms with E-state index in [0.717, 1.165) is 36.3 Å². The van der Waals surface area contributed by atoms with Crippen LogP contribution in [0.1, 0.15) is 42.7 Å². The van der Waals surface area contributed by atoms with Crippen molar-refractivity contribution in [1.29, 1.82) is 5.26 Å². The zero-order valence-electron chi connectivity index (χ0n) is 24.0. The van der Waals surface area contributed by atoms with Crippen LogP contribution in [-0.4, -0.2) is 69.6 Å². The lowest BCUT2D eigenvalue weighted by Crippen LogP contribution is -2.54. The highest BCUT2D eigenvalue weighted by atomic mass is 35.5. The molecule has 0 aliphatic heterocycles. The number of imidazole rings is 1. The predicted octanol–water partition coefficient (Wildman–Crippen LogP) is 4.88. The lowest BCUT2D eigenvalue weighted by molar-refractivity contribution is -0.122. The number of benzene rings is 2. The average Bonchev–Trinajstić information content (AvgIpc) is 3.34. The third-order valence-electron chi connectivity index (χ3n) is 6.38. The first-order chi connectivity index (χ1) is 19.5. The number of carbonyl (C=O) groups excluding carboxylic acids is 1. The lowest BCUT2D eigenvalue weighted by Gasteiger charge is -2.35. The summed E-state index contributed by atoms with van der Waals surface area (Å²) in [5.41, 5.74) is 2.66. The summed E-state index contributed by atoms with van der Waals surface area (Å²) in [4.78, 5) is 21.6. The number of amides is 1. The first kappa shape index (κ1) is 32.4. The Balaban J connectivity index is 1.67. The molecule has 3 aromatic rings. The minimum atomic E-state index is -0.616. The summed E-state index contributed by atoms with van der Waals surface area (Å²) in [5, 5.41) is 17.1. The number of carbonyl (C=O) groups is 1. The van der Waals surface area contributed by atoms with Gasteiger partial charge >= 0.3 is 0 Å². The normalized spacial score (nSPS) is 11.3. The van der Waals surface area contributed by atoms with Crippen LogP contribution >= 0.6 is 35.4 Å². The Morgan fingerprint density at radius 1 is 1.17 bits per heavy atom. The highest BCUT2D eigenvalue weighted by Crippen LogP contribution is 2.27. The molecule has 11 heteroatoms. The molecule has 2 N–H and O–H groups in total. The van der Waals surface area contributed by atoms with Gasteiger partial charge in [0.1, 0.15) is 0 Å². The van der Waals surface area contributed by atoms with Gasteiger partial charge in [-0.25, -0.2) is 4.98 Å². The Kier molecular flexibility index (Phi) is 12.0. The molecule has 0 fully saturated rings. The number of nitrogens with zero attached hydrogens (tertiary/aromatic N) is 5. The molecule has 1 heterocycles. The molecule has 218 valence electrons. The van der Waals surface area contributed by atoms with Crippen molar-refractivity contribution < 1.29 is 4.79 Å². The van der Waals surface area contributed by atoms with Gasteiger partial charge in [-0.05, 0) is 82.5 Å². The predicted molar refractivity (Wildman–Crippen MR) is 169 cm³/mol. The van der Waals surface area contributed by atoms with Gasteiger partial charge in [-0.3, -0.25) is 4.79 Å². The van der Waals surface area contributed by atoms with E-state index in [1.54, 1.807) is 30.7 Å². The first-order valence-corrected chi connectivity index (χ1v) is 14.5. The summed E-state index contributed by atoms with van der Waals surface area (Å²) in [6, 6.07) is 15.1. The number of thiocarbonyl (C=S) groups is 1. The summed E-state index contributed by atoms with van der Waals surface area (Å²) < 4.78 is 1.94. The Morgan fingerprint density at radius 3 is 2.59 bits per heavy atom. The van der Waals surface area contributed by atoms with Gasteiger partial charge in [-0.1, -0.05) is 47.5 Å². The molecular weight excluding hydrogens is 577 g/mol. The van der Waals surface area contributed by atoms with Gasteiger partial charge in [-0.2, -0.15) is 5.26 Å². The van der Waals surface area contributed by atoms with Crippen molar-refractivity contribution in [2.24, 2.45) is 0 Å². The quantitative estimate of drug-likeness (QED) is 0.210. The van der Waals surface area contributed by atoms with Gasteiger partial charge in [0.2, 0.25) is 5.91 Å². The second-order valence-corrected chi connectivity index (χ2v) is 12.1. The van der Waals surface area contributed by atoms with E-state index in [0.29, 0.717) is 40.4 Å². The van der Waals surface area contributed by atoms with Crippen LogP contribution in [0.2, 0.25) is 10.0 Å². The molecule has 8 nitrogen and oxygen atoms in total. The molecule has 0 unspecified atom stereocenters. The van der Waals surface area contributed by atoms with Crippen molar-refractivity contribution in [2.75, 3.05) is 33.7 Å². The number of hydrogen-bond acceptors (Lipinski definition) is 5. The molecule has 0 radical (unpaired) electrons. The number of aromatic nitrogens is 2. The molecule has 2 aromatic carbocycles. The lowest BCUT2D eigenvalue weighted by atomic mass is 10.0. The van der Waals surface area contributed by atoms with Crippen LogP contribution in [0.15, 0.2) is 55.0 Å².